The fourth-order valence-corrected chi connectivity index (χ4v) is 10.7. The molecule has 304 valence electrons. The van der Waals surface area contributed by atoms with Gasteiger partial charge in [0.2, 0.25) is 0 Å². The van der Waals surface area contributed by atoms with Crippen LogP contribution in [0.3, 0.4) is 0 Å². The molecule has 14 heteroatoms. The number of carbonyl (C=O) groups excluding carboxylic acids is 3. The Kier molecular flexibility index (Phi) is 8.46. The Morgan fingerprint density at radius 1 is 0.831 bits per heavy atom. The minimum Gasteiger partial charge on any atom is -0.444 e. The molecule has 3 N–H and O–H groups in total. The number of likely N-dealkylation sites (tertiary alicyclic amines) is 2. The van der Waals surface area contributed by atoms with Crippen LogP contribution in [0, 0.1) is 5.82 Å². The topological polar surface area (TPSA) is 137 Å². The maximum Gasteiger partial charge on any atom is 0.410 e. The Bertz CT molecular complexity index is 2630. The molecular weight excluding hydrogens is 771 g/mol. The summed E-state index contributed by atoms with van der Waals surface area (Å²) < 4.78 is 22.1. The number of aromatic nitrogens is 4. The lowest BCUT2D eigenvalue weighted by Gasteiger charge is -2.51. The molecule has 0 atom stereocenters. The number of aromatic amines is 1. The Morgan fingerprint density at radius 3 is 2.20 bits per heavy atom. The van der Waals surface area contributed by atoms with Crippen molar-refractivity contribution >= 4 is 29.5 Å². The molecule has 3 amide bonds. The quantitative estimate of drug-likeness (QED) is 0.177. The van der Waals surface area contributed by atoms with Gasteiger partial charge in [0.15, 0.2) is 0 Å². The number of nitrogens with zero attached hydrogens (tertiary/aromatic N) is 5. The van der Waals surface area contributed by atoms with E-state index in [0.29, 0.717) is 42.6 Å². The molecule has 0 bridgehead atoms. The van der Waals surface area contributed by atoms with Gasteiger partial charge in [-0.05, 0) is 100 Å². The Morgan fingerprint density at radius 2 is 1.49 bits per heavy atom. The van der Waals surface area contributed by atoms with E-state index >= 15 is 0 Å². The molecule has 59 heavy (non-hydrogen) atoms. The molecule has 2 fully saturated rings. The zero-order valence-electron chi connectivity index (χ0n) is 33.8. The number of halogens is 2. The summed E-state index contributed by atoms with van der Waals surface area (Å²) in [5.74, 6) is -0.292. The van der Waals surface area contributed by atoms with Crippen molar-refractivity contribution in [1.82, 2.24) is 40.0 Å². The first-order valence-corrected chi connectivity index (χ1v) is 20.6. The molecule has 8 heterocycles. The number of likely N-dealkylation sites (N-methyl/N-ethyl adjacent to an activating group) is 1. The number of hydrogen-bond donors (Lipinski definition) is 3. The number of H-pyrrole nitrogens is 1. The van der Waals surface area contributed by atoms with Crippen LogP contribution in [0.5, 0.6) is 0 Å². The van der Waals surface area contributed by atoms with Gasteiger partial charge >= 0.3 is 6.09 Å². The lowest BCUT2D eigenvalue weighted by atomic mass is 9.72. The molecule has 2 spiro atoms. The average molecular weight is 817 g/mol. The molecule has 4 aliphatic heterocycles. The van der Waals surface area contributed by atoms with Gasteiger partial charge in [0.25, 0.3) is 11.8 Å². The molecule has 2 aliphatic carbocycles. The smallest absolute Gasteiger partial charge is 0.410 e. The van der Waals surface area contributed by atoms with E-state index in [1.54, 1.807) is 17.0 Å². The highest BCUT2D eigenvalue weighted by Crippen LogP contribution is 2.48. The maximum absolute atomic E-state index is 14.4. The normalized spacial score (nSPS) is 19.0. The molecule has 0 unspecified atom stereocenters. The molecule has 2 saturated heterocycles. The van der Waals surface area contributed by atoms with Crippen molar-refractivity contribution in [2.24, 2.45) is 7.05 Å². The zero-order valence-corrected chi connectivity index (χ0v) is 34.6. The predicted molar refractivity (Wildman–Crippen MR) is 221 cm³/mol. The number of ether oxygens (including phenoxy) is 1. The number of carbonyl (C=O) groups is 3. The van der Waals surface area contributed by atoms with Crippen molar-refractivity contribution < 1.29 is 23.5 Å². The van der Waals surface area contributed by atoms with Crippen LogP contribution >= 0.6 is 11.6 Å². The third kappa shape index (κ3) is 5.90. The standard InChI is InChI=1S/C24H23FN4O.C21H23ClN4O3/c1-28-12-24(13-28)11-27-23(30)20-16-8-7-14-10-26-19(15-5-3-4-6-18(15)25)9-17(14)21(16)29(2)22(20)24;1-20(2,3)29-19(28)26-9-21(10-26)8-24-18(27)15-12-5-4-11-7-23-14(22)6-13(11)16(12)25-17(15)21/h3-6,9-10H,7-8,11-13H2,1-2H3,(H,27,30);6-7,25H,4-5,8-10H2,1-3H3,(H,24,27). The Balaban J connectivity index is 0.000000143. The van der Waals surface area contributed by atoms with Crippen molar-refractivity contribution in [3.63, 3.8) is 0 Å². The molecule has 0 saturated carbocycles. The van der Waals surface area contributed by atoms with Gasteiger partial charge in [-0.25, -0.2) is 14.2 Å². The summed E-state index contributed by atoms with van der Waals surface area (Å²) in [7, 11) is 4.19. The Labute approximate surface area is 346 Å². The minimum absolute atomic E-state index is 0.0222. The van der Waals surface area contributed by atoms with Gasteiger partial charge in [-0.1, -0.05) is 23.7 Å². The van der Waals surface area contributed by atoms with Crippen molar-refractivity contribution in [2.75, 3.05) is 46.3 Å². The first kappa shape index (κ1) is 37.7. The molecule has 6 aliphatic rings. The van der Waals surface area contributed by atoms with E-state index < -0.39 is 5.60 Å². The SMILES string of the molecule is CC(C)(C)OC(=O)N1CC2(CNC(=O)c3c2[nH]c2c3CCc3cnc(Cl)cc3-2)C1.CN1CC2(CNC(=O)c3c4c(n(C)c32)-c2cc(-c3ccccc3F)ncc2CC4)C1. The van der Waals surface area contributed by atoms with Gasteiger partial charge in [0.1, 0.15) is 16.6 Å². The number of benzene rings is 1. The van der Waals surface area contributed by atoms with Gasteiger partial charge < -0.3 is 34.7 Å². The number of nitrogens with one attached hydrogen (secondary N) is 3. The molecule has 11 rings (SSSR count). The third-order valence-corrected chi connectivity index (χ3v) is 13.2. The maximum atomic E-state index is 14.4. The summed E-state index contributed by atoms with van der Waals surface area (Å²) in [6, 6.07) is 10.6. The predicted octanol–water partition coefficient (Wildman–Crippen LogP) is 5.98. The average Bonchev–Trinajstić information content (AvgIpc) is 3.72. The summed E-state index contributed by atoms with van der Waals surface area (Å²) in [4.78, 5) is 54.4. The van der Waals surface area contributed by atoms with Crippen LogP contribution in [0.1, 0.15) is 75.1 Å². The van der Waals surface area contributed by atoms with Gasteiger partial charge in [-0.2, -0.15) is 0 Å². The highest BCUT2D eigenvalue weighted by Gasteiger charge is 2.54. The second-order valence-corrected chi connectivity index (χ2v) is 18.5. The van der Waals surface area contributed by atoms with Crippen molar-refractivity contribution in [1.29, 1.82) is 0 Å². The van der Waals surface area contributed by atoms with E-state index in [0.717, 1.165) is 106 Å². The molecule has 1 aromatic carbocycles. The first-order valence-electron chi connectivity index (χ1n) is 20.2. The van der Waals surface area contributed by atoms with Gasteiger partial charge in [-0.15, -0.1) is 0 Å². The fraction of sp³-hybridized carbons (Fsp3) is 0.400. The summed E-state index contributed by atoms with van der Waals surface area (Å²) in [5, 5.41) is 6.61. The number of rotatable bonds is 1. The van der Waals surface area contributed by atoms with Crippen LogP contribution in [-0.4, -0.2) is 99.1 Å². The summed E-state index contributed by atoms with van der Waals surface area (Å²) in [5.41, 5.74) is 12.5. The number of pyridine rings is 2. The summed E-state index contributed by atoms with van der Waals surface area (Å²) in [6.45, 7) is 9.67. The van der Waals surface area contributed by atoms with Crippen LogP contribution in [0.4, 0.5) is 9.18 Å². The van der Waals surface area contributed by atoms with Crippen LogP contribution in [0.25, 0.3) is 33.8 Å². The van der Waals surface area contributed by atoms with E-state index in [9.17, 15) is 18.8 Å². The molecule has 4 aromatic heterocycles. The summed E-state index contributed by atoms with van der Waals surface area (Å²) in [6.07, 6.45) is 6.62. The molecular formula is C45H46ClFN8O4. The van der Waals surface area contributed by atoms with Crippen LogP contribution in [0.15, 0.2) is 48.8 Å². The van der Waals surface area contributed by atoms with Crippen molar-refractivity contribution in [2.45, 2.75) is 62.9 Å². The van der Waals surface area contributed by atoms with Gasteiger partial charge in [0, 0.05) is 86.8 Å². The fourth-order valence-electron chi connectivity index (χ4n) is 10.5. The van der Waals surface area contributed by atoms with Gasteiger partial charge in [-0.3, -0.25) is 14.6 Å². The van der Waals surface area contributed by atoms with Crippen LogP contribution < -0.4 is 10.6 Å². The number of amides is 3. The Hall–Kier alpha value is -5.53. The van der Waals surface area contributed by atoms with Crippen LogP contribution in [-0.2, 0) is 48.3 Å². The summed E-state index contributed by atoms with van der Waals surface area (Å²) >= 11 is 6.14. The first-order chi connectivity index (χ1) is 28.2. The van der Waals surface area contributed by atoms with Crippen LogP contribution in [0.2, 0.25) is 5.15 Å². The lowest BCUT2D eigenvalue weighted by molar-refractivity contribution is -0.0113. The number of fused-ring (bicyclic) bond motifs is 12. The number of hydrogen-bond acceptors (Lipinski definition) is 7. The molecule has 12 nitrogen and oxygen atoms in total. The molecule has 0 radical (unpaired) electrons. The molecule has 5 aromatic rings. The lowest BCUT2D eigenvalue weighted by Crippen LogP contribution is -2.67. The van der Waals surface area contributed by atoms with E-state index in [1.165, 1.54) is 6.07 Å². The zero-order chi connectivity index (χ0) is 41.2. The van der Waals surface area contributed by atoms with E-state index in [1.807, 2.05) is 51.4 Å². The second-order valence-electron chi connectivity index (χ2n) is 18.1. The van der Waals surface area contributed by atoms with E-state index in [4.69, 9.17) is 16.3 Å². The second kappa shape index (κ2) is 13.2. The monoisotopic (exact) mass is 816 g/mol. The highest BCUT2D eigenvalue weighted by atomic mass is 35.5. The van der Waals surface area contributed by atoms with Gasteiger partial charge in [0.05, 0.1) is 39.0 Å². The van der Waals surface area contributed by atoms with E-state index in [2.05, 4.69) is 49.1 Å². The third-order valence-electron chi connectivity index (χ3n) is 12.9. The number of aryl methyl sites for hydroxylation is 2. The minimum atomic E-state index is -0.533. The highest BCUT2D eigenvalue weighted by molar-refractivity contribution is 6.29. The van der Waals surface area contributed by atoms with E-state index in [-0.39, 0.29) is 34.6 Å². The van der Waals surface area contributed by atoms with Crippen molar-refractivity contribution in [3.05, 3.63) is 105 Å². The largest absolute Gasteiger partial charge is 0.444 e. The van der Waals surface area contributed by atoms with Crippen molar-refractivity contribution in [3.8, 4) is 33.8 Å².